The molecule has 4 saturated heterocycles. The van der Waals surface area contributed by atoms with Gasteiger partial charge in [0.2, 0.25) is 11.8 Å². The van der Waals surface area contributed by atoms with E-state index in [1.54, 1.807) is 24.3 Å². The quantitative estimate of drug-likeness (QED) is 0.305. The smallest absolute Gasteiger partial charge is 0.262 e. The third-order valence-corrected chi connectivity index (χ3v) is 14.0. The normalized spacial score (nSPS) is 24.7. The Morgan fingerprint density at radius 1 is 0.850 bits per heavy atom. The van der Waals surface area contributed by atoms with Gasteiger partial charge in [-0.05, 0) is 99.6 Å². The van der Waals surface area contributed by atoms with Crippen LogP contribution in [0.15, 0.2) is 48.7 Å². The highest BCUT2D eigenvalue weighted by Crippen LogP contribution is 2.45. The summed E-state index contributed by atoms with van der Waals surface area (Å²) in [7, 11) is 0. The van der Waals surface area contributed by atoms with Crippen molar-refractivity contribution in [1.82, 2.24) is 19.7 Å². The molecule has 6 heterocycles. The third kappa shape index (κ3) is 7.23. The van der Waals surface area contributed by atoms with Crippen molar-refractivity contribution >= 4 is 52.6 Å². The van der Waals surface area contributed by atoms with Gasteiger partial charge in [-0.25, -0.2) is 9.37 Å². The molecular formula is C44H46ClFN8O6. The number of benzene rings is 2. The Morgan fingerprint density at radius 2 is 1.55 bits per heavy atom. The Hall–Kier alpha value is -5.59. The number of pyridine rings is 1. The zero-order valence-electron chi connectivity index (χ0n) is 33.2. The lowest BCUT2D eigenvalue weighted by Crippen LogP contribution is -2.64. The second kappa shape index (κ2) is 15.8. The number of ether oxygens (including phenoxy) is 1. The SMILES string of the molecule is N#Cc1ccc(OC2CCC(N3C(=O)CCC(N4C(=O)c5cc(F)c(N6CCC7(CC6)CN(C6CCN(c8ccc(C(N)=O)cn8)CC6)C7)cc5C4=O)C3=O)CC2)cc1Cl. The van der Waals surface area contributed by atoms with E-state index in [2.05, 4.69) is 14.8 Å². The van der Waals surface area contributed by atoms with Gasteiger partial charge in [-0.3, -0.25) is 38.7 Å². The summed E-state index contributed by atoms with van der Waals surface area (Å²) in [6.07, 6.45) is 7.24. The lowest BCUT2D eigenvalue weighted by molar-refractivity contribution is -0.155. The van der Waals surface area contributed by atoms with Gasteiger partial charge >= 0.3 is 0 Å². The van der Waals surface area contributed by atoms with Crippen LogP contribution in [-0.2, 0) is 9.59 Å². The number of hydrogen-bond acceptors (Lipinski definition) is 11. The summed E-state index contributed by atoms with van der Waals surface area (Å²) in [4.78, 5) is 79.7. The topological polar surface area (TPSA) is 173 Å². The van der Waals surface area contributed by atoms with Crippen molar-refractivity contribution in [3.8, 4) is 11.8 Å². The molecule has 60 heavy (non-hydrogen) atoms. The number of hydrogen-bond donors (Lipinski definition) is 1. The molecule has 2 N–H and O–H groups in total. The van der Waals surface area contributed by atoms with E-state index in [1.807, 2.05) is 17.0 Å². The monoisotopic (exact) mass is 836 g/mol. The molecule has 9 rings (SSSR count). The van der Waals surface area contributed by atoms with Gasteiger partial charge in [0, 0.05) is 70.0 Å². The van der Waals surface area contributed by atoms with Crippen molar-refractivity contribution in [2.75, 3.05) is 49.1 Å². The summed E-state index contributed by atoms with van der Waals surface area (Å²) < 4.78 is 21.9. The van der Waals surface area contributed by atoms with Crippen LogP contribution in [0.2, 0.25) is 5.02 Å². The van der Waals surface area contributed by atoms with Crippen molar-refractivity contribution < 1.29 is 33.1 Å². The number of anilines is 2. The fourth-order valence-electron chi connectivity index (χ4n) is 10.3. The Kier molecular flexibility index (Phi) is 10.5. The summed E-state index contributed by atoms with van der Waals surface area (Å²) in [5.41, 5.74) is 6.55. The van der Waals surface area contributed by atoms with E-state index in [4.69, 9.17) is 27.3 Å². The first kappa shape index (κ1) is 39.8. The predicted molar refractivity (Wildman–Crippen MR) is 218 cm³/mol. The van der Waals surface area contributed by atoms with Gasteiger partial charge in [-0.2, -0.15) is 5.26 Å². The molecule has 0 bridgehead atoms. The number of carbonyl (C=O) groups excluding carboxylic acids is 5. The fraction of sp³-hybridized carbons (Fsp3) is 0.477. The first-order valence-corrected chi connectivity index (χ1v) is 21.2. The maximum atomic E-state index is 15.8. The number of likely N-dealkylation sites (tertiary alicyclic amines) is 2. The van der Waals surface area contributed by atoms with E-state index in [0.717, 1.165) is 68.6 Å². The van der Waals surface area contributed by atoms with Crippen molar-refractivity contribution in [3.05, 3.63) is 81.8 Å². The van der Waals surface area contributed by atoms with Crippen LogP contribution < -0.4 is 20.3 Å². The molecule has 1 aliphatic carbocycles. The number of rotatable bonds is 8. The largest absolute Gasteiger partial charge is 0.490 e. The number of aromatic nitrogens is 1. The third-order valence-electron chi connectivity index (χ3n) is 13.7. The molecule has 3 aromatic rings. The highest BCUT2D eigenvalue weighted by molar-refractivity contribution is 6.31. The van der Waals surface area contributed by atoms with Crippen LogP contribution in [0.4, 0.5) is 15.9 Å². The van der Waals surface area contributed by atoms with E-state index in [0.29, 0.717) is 66.7 Å². The Labute approximate surface area is 352 Å². The van der Waals surface area contributed by atoms with Crippen LogP contribution in [0.1, 0.15) is 101 Å². The molecule has 5 fully saturated rings. The Balaban J connectivity index is 0.788. The maximum Gasteiger partial charge on any atom is 0.262 e. The van der Waals surface area contributed by atoms with Gasteiger partial charge in [-0.15, -0.1) is 0 Å². The number of amides is 5. The van der Waals surface area contributed by atoms with Gasteiger partial charge in [0.1, 0.15) is 29.5 Å². The molecule has 1 spiro atoms. The van der Waals surface area contributed by atoms with Gasteiger partial charge < -0.3 is 20.3 Å². The molecule has 14 nitrogen and oxygen atoms in total. The molecular weight excluding hydrogens is 791 g/mol. The zero-order chi connectivity index (χ0) is 41.9. The fourth-order valence-corrected chi connectivity index (χ4v) is 10.5. The van der Waals surface area contributed by atoms with Gasteiger partial charge in [-0.1, -0.05) is 11.6 Å². The standard InChI is InChI=1S/C44H46ClFN8O6/c45-34-19-31(5-1-26(34)22-47)60-30-6-3-29(4-7-30)53-39(55)10-8-36(43(53)59)54-41(57)32-20-35(46)37(21-33(32)42(54)58)50-17-13-44(14-18-50)24-52(25-44)28-11-15-51(16-12-28)38-9-2-27(23-49-38)40(48)56/h1-2,5,9,19-21,23,28-30,36H,3-4,6-8,10-18,24-25H2,(H2,48,56). The van der Waals surface area contributed by atoms with Crippen LogP contribution in [0.25, 0.3) is 0 Å². The van der Waals surface area contributed by atoms with Crippen molar-refractivity contribution in [1.29, 1.82) is 5.26 Å². The molecule has 1 aromatic heterocycles. The Bertz CT molecular complexity index is 2290. The van der Waals surface area contributed by atoms with Crippen LogP contribution in [0, 0.1) is 22.6 Å². The molecule has 0 radical (unpaired) electrons. The zero-order valence-corrected chi connectivity index (χ0v) is 33.9. The van der Waals surface area contributed by atoms with E-state index in [9.17, 15) is 24.0 Å². The number of fused-ring (bicyclic) bond motifs is 1. The molecule has 5 amide bonds. The van der Waals surface area contributed by atoms with Gasteiger partial charge in [0.25, 0.3) is 17.7 Å². The van der Waals surface area contributed by atoms with Crippen LogP contribution >= 0.6 is 11.6 Å². The molecule has 6 aliphatic rings. The average molecular weight is 837 g/mol. The summed E-state index contributed by atoms with van der Waals surface area (Å²) >= 11 is 6.17. The minimum absolute atomic E-state index is 0.00127. The van der Waals surface area contributed by atoms with Gasteiger partial charge in [0.05, 0.1) is 39.1 Å². The molecule has 312 valence electrons. The number of piperidine rings is 3. The molecule has 1 saturated carbocycles. The number of nitrogens with two attached hydrogens (primary N) is 1. The molecule has 2 aromatic carbocycles. The summed E-state index contributed by atoms with van der Waals surface area (Å²) in [5.74, 6) is -1.98. The summed E-state index contributed by atoms with van der Waals surface area (Å²) in [6, 6.07) is 12.0. The molecule has 16 heteroatoms. The molecule has 1 atom stereocenters. The number of imide groups is 2. The van der Waals surface area contributed by atoms with Crippen LogP contribution in [0.5, 0.6) is 5.75 Å². The summed E-state index contributed by atoms with van der Waals surface area (Å²) in [5, 5.41) is 9.45. The number of nitrogens with zero attached hydrogens (tertiary/aromatic N) is 7. The minimum atomic E-state index is -1.16. The molecule has 1 unspecified atom stereocenters. The van der Waals surface area contributed by atoms with Crippen molar-refractivity contribution in [2.24, 2.45) is 11.1 Å². The van der Waals surface area contributed by atoms with Crippen molar-refractivity contribution in [3.63, 3.8) is 0 Å². The maximum absolute atomic E-state index is 15.8. The summed E-state index contributed by atoms with van der Waals surface area (Å²) in [6.45, 7) is 4.97. The number of nitriles is 1. The van der Waals surface area contributed by atoms with E-state index in [-0.39, 0.29) is 47.1 Å². The minimum Gasteiger partial charge on any atom is -0.490 e. The number of halogens is 2. The highest BCUT2D eigenvalue weighted by Gasteiger charge is 2.51. The second-order valence-corrected chi connectivity index (χ2v) is 17.6. The lowest BCUT2D eigenvalue weighted by Gasteiger charge is -2.57. The Morgan fingerprint density at radius 3 is 2.18 bits per heavy atom. The number of primary amides is 1. The molecule has 5 aliphatic heterocycles. The highest BCUT2D eigenvalue weighted by atomic mass is 35.5. The van der Waals surface area contributed by atoms with E-state index >= 15 is 4.39 Å². The van der Waals surface area contributed by atoms with Crippen LogP contribution in [-0.4, -0.2) is 113 Å². The van der Waals surface area contributed by atoms with Gasteiger partial charge in [0.15, 0.2) is 0 Å². The predicted octanol–water partition coefficient (Wildman–Crippen LogP) is 4.92. The van der Waals surface area contributed by atoms with E-state index < -0.39 is 41.5 Å². The lowest BCUT2D eigenvalue weighted by atomic mass is 9.70. The number of carbonyl (C=O) groups is 5. The van der Waals surface area contributed by atoms with E-state index in [1.165, 1.54) is 17.2 Å². The first-order chi connectivity index (χ1) is 28.9. The average Bonchev–Trinajstić information content (AvgIpc) is 3.47. The first-order valence-electron chi connectivity index (χ1n) is 20.9. The van der Waals surface area contributed by atoms with Crippen LogP contribution in [0.3, 0.4) is 0 Å². The van der Waals surface area contributed by atoms with Crippen molar-refractivity contribution in [2.45, 2.75) is 88.4 Å². The second-order valence-electron chi connectivity index (χ2n) is 17.2.